The predicted octanol–water partition coefficient (Wildman–Crippen LogP) is 4.78. The molecule has 0 aliphatic heterocycles. The van der Waals surface area contributed by atoms with Crippen molar-refractivity contribution in [2.45, 2.75) is 6.54 Å². The number of hydrogen-bond donors (Lipinski definition) is 1. The van der Waals surface area contributed by atoms with E-state index in [0.717, 1.165) is 26.5 Å². The van der Waals surface area contributed by atoms with Crippen molar-refractivity contribution in [1.29, 1.82) is 0 Å². The summed E-state index contributed by atoms with van der Waals surface area (Å²) in [4.78, 5) is 4.29. The minimum absolute atomic E-state index is 0.657. The highest BCUT2D eigenvalue weighted by Crippen LogP contribution is 2.24. The summed E-state index contributed by atoms with van der Waals surface area (Å²) in [5, 5.41) is 6.34. The standard InChI is InChI=1S/C14H11BrN2OS/c15-12-5-7-18-13(12)9-17-11-3-1-10(2-4-11)14-16-6-8-19-14/h1-8,17H,9H2. The van der Waals surface area contributed by atoms with Gasteiger partial charge in [-0.2, -0.15) is 0 Å². The minimum atomic E-state index is 0.657. The summed E-state index contributed by atoms with van der Waals surface area (Å²) < 4.78 is 6.34. The maximum atomic E-state index is 5.35. The second-order valence-electron chi connectivity index (χ2n) is 3.96. The van der Waals surface area contributed by atoms with E-state index in [9.17, 15) is 0 Å². The van der Waals surface area contributed by atoms with E-state index in [1.54, 1.807) is 17.6 Å². The molecule has 5 heteroatoms. The Morgan fingerprint density at radius 1 is 1.21 bits per heavy atom. The lowest BCUT2D eigenvalue weighted by Gasteiger charge is -2.05. The van der Waals surface area contributed by atoms with Crippen LogP contribution in [0, 0.1) is 0 Å². The number of furan rings is 1. The lowest BCUT2D eigenvalue weighted by Crippen LogP contribution is -1.98. The van der Waals surface area contributed by atoms with Crippen LogP contribution >= 0.6 is 27.3 Å². The molecule has 2 aromatic heterocycles. The van der Waals surface area contributed by atoms with Gasteiger partial charge in [-0.1, -0.05) is 0 Å². The van der Waals surface area contributed by atoms with Gasteiger partial charge in [-0.3, -0.25) is 0 Å². The highest BCUT2D eigenvalue weighted by atomic mass is 79.9. The smallest absolute Gasteiger partial charge is 0.136 e. The van der Waals surface area contributed by atoms with Crippen molar-refractivity contribution < 1.29 is 4.42 Å². The van der Waals surface area contributed by atoms with Gasteiger partial charge in [0.25, 0.3) is 0 Å². The fraction of sp³-hybridized carbons (Fsp3) is 0.0714. The molecule has 96 valence electrons. The van der Waals surface area contributed by atoms with Gasteiger partial charge in [0.2, 0.25) is 0 Å². The second-order valence-corrected chi connectivity index (χ2v) is 5.71. The summed E-state index contributed by atoms with van der Waals surface area (Å²) in [6.45, 7) is 0.657. The van der Waals surface area contributed by atoms with E-state index in [1.807, 2.05) is 29.8 Å². The molecule has 3 nitrogen and oxygen atoms in total. The summed E-state index contributed by atoms with van der Waals surface area (Å²) in [7, 11) is 0. The molecule has 0 aliphatic rings. The van der Waals surface area contributed by atoms with Gasteiger partial charge in [-0.05, 0) is 46.3 Å². The number of hydrogen-bond acceptors (Lipinski definition) is 4. The molecule has 3 rings (SSSR count). The normalized spacial score (nSPS) is 10.6. The van der Waals surface area contributed by atoms with Crippen LogP contribution in [0.2, 0.25) is 0 Å². The quantitative estimate of drug-likeness (QED) is 0.746. The first-order valence-electron chi connectivity index (χ1n) is 5.78. The van der Waals surface area contributed by atoms with Crippen LogP contribution in [0.4, 0.5) is 5.69 Å². The van der Waals surface area contributed by atoms with E-state index < -0.39 is 0 Å². The number of thiazole rings is 1. The molecular weight excluding hydrogens is 324 g/mol. The zero-order valence-electron chi connectivity index (χ0n) is 9.97. The van der Waals surface area contributed by atoms with Gasteiger partial charge >= 0.3 is 0 Å². The molecule has 0 amide bonds. The van der Waals surface area contributed by atoms with E-state index in [1.165, 1.54) is 0 Å². The monoisotopic (exact) mass is 334 g/mol. The molecular formula is C14H11BrN2OS. The van der Waals surface area contributed by atoms with Crippen LogP contribution in [0.5, 0.6) is 0 Å². The molecule has 0 fully saturated rings. The molecule has 19 heavy (non-hydrogen) atoms. The van der Waals surface area contributed by atoms with Crippen LogP contribution in [0.3, 0.4) is 0 Å². The summed E-state index contributed by atoms with van der Waals surface area (Å²) in [5.74, 6) is 0.893. The SMILES string of the molecule is Brc1ccoc1CNc1ccc(-c2nccs2)cc1. The first-order chi connectivity index (χ1) is 9.33. The Hall–Kier alpha value is -1.59. The summed E-state index contributed by atoms with van der Waals surface area (Å²) >= 11 is 5.08. The van der Waals surface area contributed by atoms with Crippen molar-refractivity contribution >= 4 is 33.0 Å². The summed E-state index contributed by atoms with van der Waals surface area (Å²) in [5.41, 5.74) is 2.20. The zero-order chi connectivity index (χ0) is 13.1. The fourth-order valence-electron chi connectivity index (χ4n) is 1.73. The van der Waals surface area contributed by atoms with Gasteiger partial charge in [0.05, 0.1) is 17.3 Å². The van der Waals surface area contributed by atoms with Crippen molar-refractivity contribution in [3.63, 3.8) is 0 Å². The van der Waals surface area contributed by atoms with E-state index in [0.29, 0.717) is 6.54 Å². The van der Waals surface area contributed by atoms with Gasteiger partial charge in [0.1, 0.15) is 10.8 Å². The first kappa shape index (κ1) is 12.4. The molecule has 0 spiro atoms. The van der Waals surface area contributed by atoms with Gasteiger partial charge in [-0.15, -0.1) is 11.3 Å². The molecule has 0 saturated heterocycles. The molecule has 1 N–H and O–H groups in total. The van der Waals surface area contributed by atoms with E-state index >= 15 is 0 Å². The third-order valence-electron chi connectivity index (χ3n) is 2.71. The Labute approximate surface area is 123 Å². The molecule has 0 aliphatic carbocycles. The van der Waals surface area contributed by atoms with Gasteiger partial charge in [0, 0.05) is 22.8 Å². The Bertz CT molecular complexity index is 646. The molecule has 0 atom stereocenters. The number of halogens is 1. The molecule has 0 saturated carbocycles. The number of rotatable bonds is 4. The third-order valence-corrected chi connectivity index (χ3v) is 4.24. The lowest BCUT2D eigenvalue weighted by molar-refractivity contribution is 0.516. The van der Waals surface area contributed by atoms with E-state index in [2.05, 4.69) is 38.4 Å². The predicted molar refractivity (Wildman–Crippen MR) is 81.3 cm³/mol. The van der Waals surface area contributed by atoms with Crippen LogP contribution < -0.4 is 5.32 Å². The van der Waals surface area contributed by atoms with Crippen molar-refractivity contribution in [3.05, 3.63) is 58.4 Å². The largest absolute Gasteiger partial charge is 0.466 e. The van der Waals surface area contributed by atoms with E-state index in [4.69, 9.17) is 4.42 Å². The van der Waals surface area contributed by atoms with Crippen LogP contribution in [0.15, 0.2) is 57.1 Å². The third kappa shape index (κ3) is 2.88. The average molecular weight is 335 g/mol. The van der Waals surface area contributed by atoms with Gasteiger partial charge in [-0.25, -0.2) is 4.98 Å². The van der Waals surface area contributed by atoms with Crippen molar-refractivity contribution in [2.75, 3.05) is 5.32 Å². The van der Waals surface area contributed by atoms with Crippen LogP contribution in [0.25, 0.3) is 10.6 Å². The number of nitrogens with one attached hydrogen (secondary N) is 1. The zero-order valence-corrected chi connectivity index (χ0v) is 12.4. The Kier molecular flexibility index (Phi) is 3.66. The Morgan fingerprint density at radius 3 is 2.68 bits per heavy atom. The second kappa shape index (κ2) is 5.59. The lowest BCUT2D eigenvalue weighted by atomic mass is 10.2. The van der Waals surface area contributed by atoms with Crippen molar-refractivity contribution in [2.24, 2.45) is 0 Å². The number of nitrogens with zero attached hydrogens (tertiary/aromatic N) is 1. The number of anilines is 1. The molecule has 1 aromatic carbocycles. The molecule has 0 unspecified atom stereocenters. The van der Waals surface area contributed by atoms with Crippen molar-refractivity contribution in [3.8, 4) is 10.6 Å². The topological polar surface area (TPSA) is 38.1 Å². The minimum Gasteiger partial charge on any atom is -0.466 e. The van der Waals surface area contributed by atoms with Crippen molar-refractivity contribution in [1.82, 2.24) is 4.98 Å². The highest BCUT2D eigenvalue weighted by Gasteiger charge is 2.03. The van der Waals surface area contributed by atoms with Crippen LogP contribution in [-0.4, -0.2) is 4.98 Å². The van der Waals surface area contributed by atoms with Gasteiger partial charge < -0.3 is 9.73 Å². The van der Waals surface area contributed by atoms with Gasteiger partial charge in [0.15, 0.2) is 0 Å². The molecule has 0 bridgehead atoms. The maximum Gasteiger partial charge on any atom is 0.136 e. The average Bonchev–Trinajstić information content (AvgIpc) is 3.09. The summed E-state index contributed by atoms with van der Waals surface area (Å²) in [6, 6.07) is 10.1. The number of aromatic nitrogens is 1. The molecule has 3 aromatic rings. The maximum absolute atomic E-state index is 5.35. The van der Waals surface area contributed by atoms with Crippen LogP contribution in [0.1, 0.15) is 5.76 Å². The Morgan fingerprint density at radius 2 is 2.05 bits per heavy atom. The molecule has 2 heterocycles. The van der Waals surface area contributed by atoms with Crippen LogP contribution in [-0.2, 0) is 6.54 Å². The number of benzene rings is 1. The first-order valence-corrected chi connectivity index (χ1v) is 7.46. The Balaban J connectivity index is 1.68. The summed E-state index contributed by atoms with van der Waals surface area (Å²) in [6.07, 6.45) is 3.49. The highest BCUT2D eigenvalue weighted by molar-refractivity contribution is 9.10. The fourth-order valence-corrected chi connectivity index (χ4v) is 2.72. The van der Waals surface area contributed by atoms with E-state index in [-0.39, 0.29) is 0 Å². The molecule has 0 radical (unpaired) electrons.